The second kappa shape index (κ2) is 7.81. The molecule has 2 saturated heterocycles. The van der Waals surface area contributed by atoms with Gasteiger partial charge in [-0.15, -0.1) is 0 Å². The van der Waals surface area contributed by atoms with Crippen LogP contribution < -0.4 is 5.32 Å². The molecule has 6 nitrogen and oxygen atoms in total. The third-order valence-corrected chi connectivity index (χ3v) is 6.26. The lowest BCUT2D eigenvalue weighted by Crippen LogP contribution is -2.60. The molecule has 0 aliphatic carbocycles. The van der Waals surface area contributed by atoms with Crippen molar-refractivity contribution >= 4 is 16.8 Å². The number of amides is 1. The highest BCUT2D eigenvalue weighted by Gasteiger charge is 2.39. The number of hydrogen-bond acceptors (Lipinski definition) is 4. The number of fused-ring (bicyclic) bond motifs is 3. The van der Waals surface area contributed by atoms with Gasteiger partial charge in [0.05, 0.1) is 18.7 Å². The highest BCUT2D eigenvalue weighted by molar-refractivity contribution is 6.04. The van der Waals surface area contributed by atoms with Crippen molar-refractivity contribution in [2.75, 3.05) is 13.2 Å². The highest BCUT2D eigenvalue weighted by Crippen LogP contribution is 2.30. The predicted molar refractivity (Wildman–Crippen MR) is 112 cm³/mol. The van der Waals surface area contributed by atoms with Crippen molar-refractivity contribution in [3.63, 3.8) is 0 Å². The van der Waals surface area contributed by atoms with Crippen LogP contribution in [0.2, 0.25) is 0 Å². The van der Waals surface area contributed by atoms with E-state index in [9.17, 15) is 9.18 Å². The predicted octanol–water partition coefficient (Wildman–Crippen LogP) is 2.87. The van der Waals surface area contributed by atoms with Crippen LogP contribution in [0, 0.1) is 5.82 Å². The second-order valence-electron chi connectivity index (χ2n) is 8.28. The fourth-order valence-corrected chi connectivity index (χ4v) is 4.80. The number of morpholine rings is 1. The first-order valence-corrected chi connectivity index (χ1v) is 10.4. The molecule has 3 atom stereocenters. The van der Waals surface area contributed by atoms with Gasteiger partial charge in [0.15, 0.2) is 5.69 Å². The average molecular weight is 408 g/mol. The Hall–Kier alpha value is -2.77. The largest absolute Gasteiger partial charge is 0.378 e. The molecular formula is C23H25FN4O2. The zero-order valence-electron chi connectivity index (χ0n) is 16.9. The van der Waals surface area contributed by atoms with E-state index in [1.165, 1.54) is 12.1 Å². The maximum absolute atomic E-state index is 13.2. The van der Waals surface area contributed by atoms with Gasteiger partial charge in [-0.1, -0.05) is 30.3 Å². The molecule has 156 valence electrons. The minimum absolute atomic E-state index is 0.0848. The number of carbonyl (C=O) groups excluding carboxylic acids is 1. The van der Waals surface area contributed by atoms with Crippen LogP contribution in [-0.4, -0.2) is 51.9 Å². The van der Waals surface area contributed by atoms with Crippen LogP contribution in [0.25, 0.3) is 10.9 Å². The Morgan fingerprint density at radius 3 is 2.57 bits per heavy atom. The Labute approximate surface area is 174 Å². The second-order valence-corrected chi connectivity index (χ2v) is 8.28. The SMILES string of the molecule is Cn1nc(C(=O)N[C@H]2C[C@H]3COC[C@@H](C2)N3Cc2ccc(F)cc2)c2ccccc21. The summed E-state index contributed by atoms with van der Waals surface area (Å²) in [7, 11) is 1.86. The molecular weight excluding hydrogens is 383 g/mol. The quantitative estimate of drug-likeness (QED) is 0.721. The van der Waals surface area contributed by atoms with Crippen molar-refractivity contribution in [3.05, 3.63) is 65.6 Å². The van der Waals surface area contributed by atoms with E-state index in [0.717, 1.165) is 35.9 Å². The van der Waals surface area contributed by atoms with Gasteiger partial charge in [0.1, 0.15) is 5.82 Å². The third kappa shape index (κ3) is 3.59. The van der Waals surface area contributed by atoms with E-state index < -0.39 is 0 Å². The highest BCUT2D eigenvalue weighted by atomic mass is 19.1. The molecule has 2 aliphatic rings. The Balaban J connectivity index is 1.29. The van der Waals surface area contributed by atoms with Gasteiger partial charge in [0.25, 0.3) is 5.91 Å². The van der Waals surface area contributed by atoms with Gasteiger partial charge in [-0.2, -0.15) is 5.10 Å². The topological polar surface area (TPSA) is 59.4 Å². The molecule has 1 amide bonds. The van der Waals surface area contributed by atoms with Gasteiger partial charge < -0.3 is 10.1 Å². The number of hydrogen-bond donors (Lipinski definition) is 1. The molecule has 0 unspecified atom stereocenters. The summed E-state index contributed by atoms with van der Waals surface area (Å²) in [5.41, 5.74) is 2.51. The van der Waals surface area contributed by atoms with Crippen LogP contribution in [0.3, 0.4) is 0 Å². The number of aromatic nitrogens is 2. The first kappa shape index (κ1) is 19.2. The number of nitrogens with zero attached hydrogens (tertiary/aromatic N) is 3. The molecule has 3 heterocycles. The lowest BCUT2D eigenvalue weighted by Gasteiger charge is -2.48. The van der Waals surface area contributed by atoms with Crippen molar-refractivity contribution in [2.24, 2.45) is 7.05 Å². The van der Waals surface area contributed by atoms with Crippen molar-refractivity contribution in [1.82, 2.24) is 20.0 Å². The van der Waals surface area contributed by atoms with Gasteiger partial charge >= 0.3 is 0 Å². The molecule has 3 aromatic rings. The molecule has 2 aromatic carbocycles. The number of aryl methyl sites for hydroxylation is 1. The Kier molecular flexibility index (Phi) is 5.00. The molecule has 7 heteroatoms. The maximum Gasteiger partial charge on any atom is 0.272 e. The number of nitrogens with one attached hydrogen (secondary N) is 1. The van der Waals surface area contributed by atoms with Crippen LogP contribution in [-0.2, 0) is 18.3 Å². The van der Waals surface area contributed by atoms with E-state index in [-0.39, 0.29) is 29.8 Å². The van der Waals surface area contributed by atoms with Gasteiger partial charge in [-0.25, -0.2) is 4.39 Å². The first-order valence-electron chi connectivity index (χ1n) is 10.4. The Bertz CT molecular complexity index is 1050. The van der Waals surface area contributed by atoms with Crippen LogP contribution in [0.1, 0.15) is 28.9 Å². The van der Waals surface area contributed by atoms with Gasteiger partial charge in [-0.05, 0) is 36.6 Å². The monoisotopic (exact) mass is 408 g/mol. The molecule has 2 bridgehead atoms. The zero-order valence-corrected chi connectivity index (χ0v) is 16.9. The fourth-order valence-electron chi connectivity index (χ4n) is 4.80. The molecule has 0 saturated carbocycles. The summed E-state index contributed by atoms with van der Waals surface area (Å²) in [6.07, 6.45) is 1.66. The fraction of sp³-hybridized carbons (Fsp3) is 0.391. The van der Waals surface area contributed by atoms with Gasteiger partial charge in [0.2, 0.25) is 0 Å². The van der Waals surface area contributed by atoms with Crippen molar-refractivity contribution in [1.29, 1.82) is 0 Å². The number of benzene rings is 2. The molecule has 0 spiro atoms. The molecule has 1 aromatic heterocycles. The first-order chi connectivity index (χ1) is 14.6. The third-order valence-electron chi connectivity index (χ3n) is 6.26. The minimum Gasteiger partial charge on any atom is -0.378 e. The van der Waals surface area contributed by atoms with Crippen LogP contribution in [0.15, 0.2) is 48.5 Å². The van der Waals surface area contributed by atoms with E-state index in [4.69, 9.17) is 4.74 Å². The van der Waals surface area contributed by atoms with Crippen molar-refractivity contribution in [2.45, 2.75) is 37.5 Å². The Morgan fingerprint density at radius 1 is 1.13 bits per heavy atom. The summed E-state index contributed by atoms with van der Waals surface area (Å²) in [5, 5.41) is 8.53. The van der Waals surface area contributed by atoms with E-state index in [1.54, 1.807) is 4.68 Å². The van der Waals surface area contributed by atoms with Crippen molar-refractivity contribution < 1.29 is 13.9 Å². The van der Waals surface area contributed by atoms with E-state index in [0.29, 0.717) is 18.9 Å². The molecule has 0 radical (unpaired) electrons. The molecule has 5 rings (SSSR count). The zero-order chi connectivity index (χ0) is 20.7. The summed E-state index contributed by atoms with van der Waals surface area (Å²) >= 11 is 0. The molecule has 2 aliphatic heterocycles. The summed E-state index contributed by atoms with van der Waals surface area (Å²) in [6, 6.07) is 15.0. The Morgan fingerprint density at radius 2 is 1.83 bits per heavy atom. The number of ether oxygens (including phenoxy) is 1. The number of halogens is 1. The van der Waals surface area contributed by atoms with E-state index >= 15 is 0 Å². The number of rotatable bonds is 4. The maximum atomic E-state index is 13.2. The molecule has 30 heavy (non-hydrogen) atoms. The smallest absolute Gasteiger partial charge is 0.272 e. The lowest BCUT2D eigenvalue weighted by molar-refractivity contribution is -0.0843. The van der Waals surface area contributed by atoms with Crippen LogP contribution >= 0.6 is 0 Å². The van der Waals surface area contributed by atoms with E-state index in [1.807, 2.05) is 43.4 Å². The summed E-state index contributed by atoms with van der Waals surface area (Å²) in [5.74, 6) is -0.339. The van der Waals surface area contributed by atoms with Crippen LogP contribution in [0.5, 0.6) is 0 Å². The number of piperidine rings is 1. The van der Waals surface area contributed by atoms with Crippen LogP contribution in [0.4, 0.5) is 4.39 Å². The standard InChI is InChI=1S/C23H25FN4O2/c1-27-21-5-3-2-4-20(21)22(26-27)23(29)25-17-10-18-13-30-14-19(11-17)28(18)12-15-6-8-16(24)9-7-15/h2-9,17-19H,10-14H2,1H3,(H,25,29)/t17-,18-,19+. The van der Waals surface area contributed by atoms with Gasteiger partial charge in [-0.3, -0.25) is 14.4 Å². The molecule has 2 fully saturated rings. The number of para-hydroxylation sites is 1. The summed E-state index contributed by atoms with van der Waals surface area (Å²) in [4.78, 5) is 15.4. The summed E-state index contributed by atoms with van der Waals surface area (Å²) in [6.45, 7) is 2.07. The lowest BCUT2D eigenvalue weighted by atomic mass is 9.89. The summed E-state index contributed by atoms with van der Waals surface area (Å²) < 4.78 is 20.8. The number of carbonyl (C=O) groups is 1. The van der Waals surface area contributed by atoms with E-state index in [2.05, 4.69) is 15.3 Å². The molecule has 1 N–H and O–H groups in total. The normalized spacial score (nSPS) is 24.1. The minimum atomic E-state index is -0.217. The van der Waals surface area contributed by atoms with Crippen molar-refractivity contribution in [3.8, 4) is 0 Å². The van der Waals surface area contributed by atoms with Gasteiger partial charge in [0, 0.05) is 37.1 Å². The average Bonchev–Trinajstić information content (AvgIpc) is 3.07.